The van der Waals surface area contributed by atoms with Crippen LogP contribution in [0, 0.1) is 6.92 Å². The Kier molecular flexibility index (Phi) is 5.82. The fraction of sp³-hybridized carbons (Fsp3) is 0.412. The predicted molar refractivity (Wildman–Crippen MR) is 91.4 cm³/mol. The van der Waals surface area contributed by atoms with Gasteiger partial charge in [0.25, 0.3) is 5.91 Å². The largest absolute Gasteiger partial charge is 0.450 e. The van der Waals surface area contributed by atoms with E-state index in [-0.39, 0.29) is 24.3 Å². The number of benzene rings is 1. The van der Waals surface area contributed by atoms with Crippen molar-refractivity contribution in [1.29, 1.82) is 0 Å². The molecule has 23 heavy (non-hydrogen) atoms. The summed E-state index contributed by atoms with van der Waals surface area (Å²) >= 11 is 3.39. The molecule has 0 atom stereocenters. The van der Waals surface area contributed by atoms with Crippen LogP contribution in [0.5, 0.6) is 0 Å². The van der Waals surface area contributed by atoms with Crippen LogP contribution >= 0.6 is 15.9 Å². The number of aryl methyl sites for hydroxylation is 1. The summed E-state index contributed by atoms with van der Waals surface area (Å²) in [5.74, 6) is -0.800. The van der Waals surface area contributed by atoms with Crippen molar-refractivity contribution < 1.29 is 18.7 Å². The number of halogens is 1. The Hall–Kier alpha value is -1.82. The number of ether oxygens (including phenoxy) is 1. The lowest BCUT2D eigenvalue weighted by molar-refractivity contribution is -0.125. The molecule has 0 saturated heterocycles. The number of amides is 1. The first-order valence-corrected chi connectivity index (χ1v) is 8.40. The molecule has 0 spiro atoms. The van der Waals surface area contributed by atoms with Gasteiger partial charge in [-0.25, -0.2) is 4.79 Å². The number of hydrogen-bond donors (Lipinski definition) is 1. The fourth-order valence-electron chi connectivity index (χ4n) is 2.35. The number of fused-ring (bicyclic) bond motifs is 1. The monoisotopic (exact) mass is 381 g/mol. The maximum absolute atomic E-state index is 12.1. The summed E-state index contributed by atoms with van der Waals surface area (Å²) in [5.41, 5.74) is 1.31. The average Bonchev–Trinajstić information content (AvgIpc) is 2.87. The SMILES string of the molecule is CCC(CC)NC(=O)COC(=O)c1oc2ccc(Br)cc2c1C. The molecule has 6 heteroatoms. The topological polar surface area (TPSA) is 68.5 Å². The Morgan fingerprint density at radius 3 is 2.65 bits per heavy atom. The Balaban J connectivity index is 2.04. The first-order valence-electron chi connectivity index (χ1n) is 7.61. The number of furan rings is 1. The predicted octanol–water partition coefficient (Wildman–Crippen LogP) is 3.97. The van der Waals surface area contributed by atoms with Crippen LogP contribution in [0.15, 0.2) is 27.1 Å². The summed E-state index contributed by atoms with van der Waals surface area (Å²) in [5, 5.41) is 3.66. The van der Waals surface area contributed by atoms with Crippen LogP contribution in [0.3, 0.4) is 0 Å². The van der Waals surface area contributed by atoms with Gasteiger partial charge < -0.3 is 14.5 Å². The molecular weight excluding hydrogens is 362 g/mol. The zero-order chi connectivity index (χ0) is 17.0. The molecule has 1 aromatic heterocycles. The van der Waals surface area contributed by atoms with Gasteiger partial charge in [0.1, 0.15) is 5.58 Å². The second-order valence-corrected chi connectivity index (χ2v) is 6.27. The normalized spacial score (nSPS) is 11.0. The van der Waals surface area contributed by atoms with Gasteiger partial charge >= 0.3 is 5.97 Å². The lowest BCUT2D eigenvalue weighted by atomic mass is 10.1. The van der Waals surface area contributed by atoms with Gasteiger partial charge in [-0.05, 0) is 38.0 Å². The lowest BCUT2D eigenvalue weighted by Crippen LogP contribution is -2.36. The first-order chi connectivity index (χ1) is 11.0. The zero-order valence-electron chi connectivity index (χ0n) is 13.4. The van der Waals surface area contributed by atoms with Crippen molar-refractivity contribution in [2.24, 2.45) is 0 Å². The van der Waals surface area contributed by atoms with E-state index in [2.05, 4.69) is 21.2 Å². The van der Waals surface area contributed by atoms with Crippen molar-refractivity contribution >= 4 is 38.8 Å². The third-order valence-electron chi connectivity index (χ3n) is 3.77. The number of esters is 1. The molecule has 0 bridgehead atoms. The molecule has 2 aromatic rings. The summed E-state index contributed by atoms with van der Waals surface area (Å²) in [6.07, 6.45) is 1.68. The summed E-state index contributed by atoms with van der Waals surface area (Å²) in [6, 6.07) is 5.60. The Bertz CT molecular complexity index is 719. The highest BCUT2D eigenvalue weighted by molar-refractivity contribution is 9.10. The maximum Gasteiger partial charge on any atom is 0.375 e. The molecule has 0 radical (unpaired) electrons. The molecule has 5 nitrogen and oxygen atoms in total. The minimum atomic E-state index is -0.630. The minimum absolute atomic E-state index is 0.103. The van der Waals surface area contributed by atoms with Crippen LogP contribution in [-0.2, 0) is 9.53 Å². The number of nitrogens with one attached hydrogen (secondary N) is 1. The highest BCUT2D eigenvalue weighted by Gasteiger charge is 2.20. The molecule has 0 unspecified atom stereocenters. The maximum atomic E-state index is 12.1. The first kappa shape index (κ1) is 17.5. The van der Waals surface area contributed by atoms with Crippen LogP contribution in [0.4, 0.5) is 0 Å². The van der Waals surface area contributed by atoms with Gasteiger partial charge in [-0.15, -0.1) is 0 Å². The number of hydrogen-bond acceptors (Lipinski definition) is 4. The third kappa shape index (κ3) is 4.13. The zero-order valence-corrected chi connectivity index (χ0v) is 15.0. The van der Waals surface area contributed by atoms with Crippen molar-refractivity contribution in [2.75, 3.05) is 6.61 Å². The van der Waals surface area contributed by atoms with Crippen molar-refractivity contribution in [2.45, 2.75) is 39.7 Å². The van der Waals surface area contributed by atoms with Gasteiger partial charge in [-0.2, -0.15) is 0 Å². The van der Waals surface area contributed by atoms with E-state index in [0.29, 0.717) is 11.1 Å². The van der Waals surface area contributed by atoms with Crippen LogP contribution < -0.4 is 5.32 Å². The molecule has 124 valence electrons. The van der Waals surface area contributed by atoms with Crippen molar-refractivity contribution in [3.05, 3.63) is 34.0 Å². The summed E-state index contributed by atoms with van der Waals surface area (Å²) in [6.45, 7) is 5.47. The third-order valence-corrected chi connectivity index (χ3v) is 4.26. The van der Waals surface area contributed by atoms with Gasteiger partial charge in [0.05, 0.1) is 0 Å². The van der Waals surface area contributed by atoms with E-state index in [9.17, 15) is 9.59 Å². The van der Waals surface area contributed by atoms with E-state index < -0.39 is 5.97 Å². The molecular formula is C17H20BrNO4. The second kappa shape index (κ2) is 7.64. The van der Waals surface area contributed by atoms with Crippen molar-refractivity contribution in [1.82, 2.24) is 5.32 Å². The van der Waals surface area contributed by atoms with E-state index in [1.807, 2.05) is 26.0 Å². The molecule has 1 N–H and O–H groups in total. The smallest absolute Gasteiger partial charge is 0.375 e. The summed E-state index contributed by atoms with van der Waals surface area (Å²) in [7, 11) is 0. The number of rotatable bonds is 6. The molecule has 0 saturated carbocycles. The molecule has 0 aliphatic carbocycles. The van der Waals surface area contributed by atoms with E-state index in [1.54, 1.807) is 13.0 Å². The van der Waals surface area contributed by atoms with E-state index in [4.69, 9.17) is 9.15 Å². The standard InChI is InChI=1S/C17H20BrNO4/c1-4-12(5-2)19-15(20)9-22-17(21)16-10(3)13-8-11(18)6-7-14(13)23-16/h6-8,12H,4-5,9H2,1-3H3,(H,19,20). The molecule has 1 heterocycles. The van der Waals surface area contributed by atoms with Crippen LogP contribution in [0.25, 0.3) is 11.0 Å². The molecule has 0 fully saturated rings. The highest BCUT2D eigenvalue weighted by atomic mass is 79.9. The number of carbonyl (C=O) groups is 2. The van der Waals surface area contributed by atoms with Crippen molar-refractivity contribution in [3.63, 3.8) is 0 Å². The molecule has 1 aromatic carbocycles. The van der Waals surface area contributed by atoms with Gasteiger partial charge in [0.2, 0.25) is 5.76 Å². The number of carbonyl (C=O) groups excluding carboxylic acids is 2. The Labute approximate surface area is 143 Å². The van der Waals surface area contributed by atoms with E-state index >= 15 is 0 Å². The van der Waals surface area contributed by atoms with E-state index in [1.165, 1.54) is 0 Å². The summed E-state index contributed by atoms with van der Waals surface area (Å²) in [4.78, 5) is 23.9. The van der Waals surface area contributed by atoms with Gasteiger partial charge in [-0.1, -0.05) is 29.8 Å². The average molecular weight is 382 g/mol. The second-order valence-electron chi connectivity index (χ2n) is 5.35. The minimum Gasteiger partial charge on any atom is -0.450 e. The van der Waals surface area contributed by atoms with Crippen LogP contribution in [-0.4, -0.2) is 24.5 Å². The fourth-order valence-corrected chi connectivity index (χ4v) is 2.71. The van der Waals surface area contributed by atoms with Gasteiger partial charge in [0.15, 0.2) is 6.61 Å². The molecule has 2 rings (SSSR count). The Morgan fingerprint density at radius 1 is 1.30 bits per heavy atom. The van der Waals surface area contributed by atoms with Gasteiger partial charge in [0, 0.05) is 21.5 Å². The Morgan fingerprint density at radius 2 is 2.00 bits per heavy atom. The van der Waals surface area contributed by atoms with Crippen LogP contribution in [0.1, 0.15) is 42.8 Å². The van der Waals surface area contributed by atoms with E-state index in [0.717, 1.165) is 22.7 Å². The quantitative estimate of drug-likeness (QED) is 0.768. The van der Waals surface area contributed by atoms with Crippen LogP contribution in [0.2, 0.25) is 0 Å². The molecule has 0 aliphatic rings. The van der Waals surface area contributed by atoms with Gasteiger partial charge in [-0.3, -0.25) is 4.79 Å². The molecule has 0 aliphatic heterocycles. The molecule has 1 amide bonds. The van der Waals surface area contributed by atoms with Crippen molar-refractivity contribution in [3.8, 4) is 0 Å². The lowest BCUT2D eigenvalue weighted by Gasteiger charge is -2.14. The highest BCUT2D eigenvalue weighted by Crippen LogP contribution is 2.28. The summed E-state index contributed by atoms with van der Waals surface area (Å²) < 4.78 is 11.5.